The number of nitrogens with zero attached hydrogens (tertiary/aromatic N) is 1. The molecule has 5 heteroatoms. The SMILES string of the molecule is CC1CCCN1C(=O)C(NC(=O)CCCCCCBr)C(C)(C)C. The molecule has 0 aromatic rings. The van der Waals surface area contributed by atoms with Crippen LogP contribution in [0, 0.1) is 5.41 Å². The van der Waals surface area contributed by atoms with Gasteiger partial charge in [0, 0.05) is 24.3 Å². The number of carbonyl (C=O) groups excluding carboxylic acids is 2. The average molecular weight is 389 g/mol. The van der Waals surface area contributed by atoms with E-state index in [0.717, 1.165) is 50.4 Å². The van der Waals surface area contributed by atoms with E-state index in [1.54, 1.807) is 0 Å². The molecule has 1 aliphatic heterocycles. The first-order chi connectivity index (χ1) is 10.8. The van der Waals surface area contributed by atoms with Crippen molar-refractivity contribution in [2.75, 3.05) is 11.9 Å². The lowest BCUT2D eigenvalue weighted by Crippen LogP contribution is -2.55. The number of unbranched alkanes of at least 4 members (excludes halogenated alkanes) is 3. The number of nitrogens with one attached hydrogen (secondary N) is 1. The molecule has 2 amide bonds. The lowest BCUT2D eigenvalue weighted by Gasteiger charge is -2.35. The predicted octanol–water partition coefficient (Wildman–Crippen LogP) is 3.87. The highest BCUT2D eigenvalue weighted by Gasteiger charge is 2.38. The summed E-state index contributed by atoms with van der Waals surface area (Å²) in [6.45, 7) is 8.97. The van der Waals surface area contributed by atoms with Crippen molar-refractivity contribution in [2.45, 2.75) is 84.7 Å². The van der Waals surface area contributed by atoms with E-state index in [2.05, 4.69) is 28.2 Å². The van der Waals surface area contributed by atoms with Crippen LogP contribution in [0.25, 0.3) is 0 Å². The van der Waals surface area contributed by atoms with Gasteiger partial charge in [0.25, 0.3) is 0 Å². The van der Waals surface area contributed by atoms with Crippen LogP contribution in [-0.2, 0) is 9.59 Å². The molecule has 4 nitrogen and oxygen atoms in total. The highest BCUT2D eigenvalue weighted by molar-refractivity contribution is 9.09. The summed E-state index contributed by atoms with van der Waals surface area (Å²) in [5.41, 5.74) is -0.273. The number of amides is 2. The Kier molecular flexibility index (Phi) is 8.59. The van der Waals surface area contributed by atoms with Crippen molar-refractivity contribution < 1.29 is 9.59 Å². The highest BCUT2D eigenvalue weighted by atomic mass is 79.9. The van der Waals surface area contributed by atoms with Crippen molar-refractivity contribution in [1.82, 2.24) is 10.2 Å². The van der Waals surface area contributed by atoms with Crippen LogP contribution in [0.15, 0.2) is 0 Å². The van der Waals surface area contributed by atoms with E-state index >= 15 is 0 Å². The molecule has 0 aliphatic carbocycles. The molecule has 1 aliphatic rings. The minimum atomic E-state index is -0.432. The monoisotopic (exact) mass is 388 g/mol. The fourth-order valence-electron chi connectivity index (χ4n) is 3.04. The van der Waals surface area contributed by atoms with Gasteiger partial charge in [-0.3, -0.25) is 9.59 Å². The standard InChI is InChI=1S/C18H33BrN2O2/c1-14-10-9-13-21(14)17(23)16(18(2,3)4)20-15(22)11-7-5-6-8-12-19/h14,16H,5-13H2,1-4H3,(H,20,22). The first kappa shape index (κ1) is 20.5. The van der Waals surface area contributed by atoms with E-state index < -0.39 is 6.04 Å². The third-order valence-corrected chi connectivity index (χ3v) is 5.10. The molecule has 1 fully saturated rings. The van der Waals surface area contributed by atoms with Gasteiger partial charge in [-0.2, -0.15) is 0 Å². The minimum Gasteiger partial charge on any atom is -0.344 e. The molecule has 0 aromatic carbocycles. The van der Waals surface area contributed by atoms with Crippen molar-refractivity contribution in [3.63, 3.8) is 0 Å². The lowest BCUT2D eigenvalue weighted by atomic mass is 9.85. The van der Waals surface area contributed by atoms with Crippen LogP contribution < -0.4 is 5.32 Å². The largest absolute Gasteiger partial charge is 0.344 e. The number of carbonyl (C=O) groups is 2. The Labute approximate surface area is 149 Å². The summed E-state index contributed by atoms with van der Waals surface area (Å²) >= 11 is 3.42. The maximum atomic E-state index is 12.9. The van der Waals surface area contributed by atoms with Crippen molar-refractivity contribution in [3.05, 3.63) is 0 Å². The fourth-order valence-corrected chi connectivity index (χ4v) is 3.44. The van der Waals surface area contributed by atoms with Gasteiger partial charge in [-0.05, 0) is 38.0 Å². The Balaban J connectivity index is 2.54. The smallest absolute Gasteiger partial charge is 0.245 e. The summed E-state index contributed by atoms with van der Waals surface area (Å²) in [6, 6.07) is -0.147. The molecule has 1 saturated heterocycles. The van der Waals surface area contributed by atoms with E-state index in [1.807, 2.05) is 25.7 Å². The van der Waals surface area contributed by atoms with E-state index in [9.17, 15) is 9.59 Å². The summed E-state index contributed by atoms with van der Waals surface area (Å²) < 4.78 is 0. The summed E-state index contributed by atoms with van der Waals surface area (Å²) in [7, 11) is 0. The fraction of sp³-hybridized carbons (Fsp3) is 0.889. The molecule has 0 bridgehead atoms. The molecule has 0 aromatic heterocycles. The normalized spacial score (nSPS) is 19.7. The van der Waals surface area contributed by atoms with Crippen LogP contribution in [0.1, 0.15) is 72.6 Å². The van der Waals surface area contributed by atoms with E-state index in [0.29, 0.717) is 6.42 Å². The molecule has 1 N–H and O–H groups in total. The maximum Gasteiger partial charge on any atom is 0.245 e. The number of halogens is 1. The van der Waals surface area contributed by atoms with E-state index in [1.165, 1.54) is 0 Å². The van der Waals surface area contributed by atoms with Crippen LogP contribution in [0.5, 0.6) is 0 Å². The van der Waals surface area contributed by atoms with Crippen LogP contribution in [0.3, 0.4) is 0 Å². The van der Waals surface area contributed by atoms with Gasteiger partial charge >= 0.3 is 0 Å². The first-order valence-corrected chi connectivity index (χ1v) is 10.1. The minimum absolute atomic E-state index is 0.00367. The number of hydrogen-bond donors (Lipinski definition) is 1. The Morgan fingerprint density at radius 2 is 1.87 bits per heavy atom. The van der Waals surface area contributed by atoms with Gasteiger partial charge in [-0.25, -0.2) is 0 Å². The predicted molar refractivity (Wildman–Crippen MR) is 98.7 cm³/mol. The van der Waals surface area contributed by atoms with Gasteiger partial charge in [-0.15, -0.1) is 0 Å². The number of hydrogen-bond acceptors (Lipinski definition) is 2. The second-order valence-electron chi connectivity index (χ2n) is 7.74. The lowest BCUT2D eigenvalue weighted by molar-refractivity contribution is -0.140. The van der Waals surface area contributed by atoms with Gasteiger partial charge in [0.1, 0.15) is 6.04 Å². The van der Waals surface area contributed by atoms with Crippen LogP contribution in [0.2, 0.25) is 0 Å². The van der Waals surface area contributed by atoms with Crippen LogP contribution in [0.4, 0.5) is 0 Å². The molecule has 23 heavy (non-hydrogen) atoms. The summed E-state index contributed by atoms with van der Waals surface area (Å²) in [5.74, 6) is 0.0825. The Bertz CT molecular complexity index is 393. The van der Waals surface area contributed by atoms with Gasteiger partial charge < -0.3 is 10.2 Å². The molecular weight excluding hydrogens is 356 g/mol. The zero-order chi connectivity index (χ0) is 17.5. The van der Waals surface area contributed by atoms with Crippen molar-refractivity contribution in [3.8, 4) is 0 Å². The number of likely N-dealkylation sites (tertiary alicyclic amines) is 1. The van der Waals surface area contributed by atoms with Gasteiger partial charge in [0.15, 0.2) is 0 Å². The second kappa shape index (κ2) is 9.65. The van der Waals surface area contributed by atoms with E-state index in [-0.39, 0.29) is 23.3 Å². The summed E-state index contributed by atoms with van der Waals surface area (Å²) in [5, 5.41) is 4.03. The topological polar surface area (TPSA) is 49.4 Å². The second-order valence-corrected chi connectivity index (χ2v) is 8.54. The number of rotatable bonds is 8. The molecule has 0 spiro atoms. The Hall–Kier alpha value is -0.580. The molecule has 2 unspecified atom stereocenters. The summed E-state index contributed by atoms with van der Waals surface area (Å²) in [6.07, 6.45) is 6.89. The van der Waals surface area contributed by atoms with Gasteiger partial charge in [0.05, 0.1) is 0 Å². The number of alkyl halides is 1. The average Bonchev–Trinajstić information content (AvgIpc) is 2.89. The molecular formula is C18H33BrN2O2. The molecule has 0 radical (unpaired) electrons. The third-order valence-electron chi connectivity index (χ3n) is 4.54. The molecule has 2 atom stereocenters. The first-order valence-electron chi connectivity index (χ1n) is 8.93. The maximum absolute atomic E-state index is 12.9. The van der Waals surface area contributed by atoms with Gasteiger partial charge in [-0.1, -0.05) is 49.5 Å². The Morgan fingerprint density at radius 1 is 1.22 bits per heavy atom. The highest BCUT2D eigenvalue weighted by Crippen LogP contribution is 2.25. The van der Waals surface area contributed by atoms with Crippen LogP contribution in [-0.4, -0.2) is 40.7 Å². The Morgan fingerprint density at radius 3 is 2.39 bits per heavy atom. The van der Waals surface area contributed by atoms with E-state index in [4.69, 9.17) is 0 Å². The van der Waals surface area contributed by atoms with Crippen molar-refractivity contribution in [1.29, 1.82) is 0 Å². The molecule has 1 heterocycles. The quantitative estimate of drug-likeness (QED) is 0.506. The summed E-state index contributed by atoms with van der Waals surface area (Å²) in [4.78, 5) is 27.0. The molecule has 134 valence electrons. The zero-order valence-electron chi connectivity index (χ0n) is 15.2. The van der Waals surface area contributed by atoms with Crippen molar-refractivity contribution >= 4 is 27.7 Å². The van der Waals surface area contributed by atoms with Crippen molar-refractivity contribution in [2.24, 2.45) is 5.41 Å². The molecule has 0 saturated carbocycles. The van der Waals surface area contributed by atoms with Crippen LogP contribution >= 0.6 is 15.9 Å². The third kappa shape index (κ3) is 6.82. The molecule has 1 rings (SSSR count). The van der Waals surface area contributed by atoms with Gasteiger partial charge in [0.2, 0.25) is 11.8 Å². The zero-order valence-corrected chi connectivity index (χ0v) is 16.7.